The van der Waals surface area contributed by atoms with Crippen LogP contribution in [0, 0.1) is 0 Å². The Morgan fingerprint density at radius 2 is 2.17 bits per heavy atom. The molecule has 0 saturated carbocycles. The molecule has 0 fully saturated rings. The van der Waals surface area contributed by atoms with Crippen LogP contribution in [-0.4, -0.2) is 17.7 Å². The van der Waals surface area contributed by atoms with E-state index < -0.39 is 0 Å². The molecule has 3 heteroatoms. The van der Waals surface area contributed by atoms with Crippen molar-refractivity contribution in [3.63, 3.8) is 0 Å². The van der Waals surface area contributed by atoms with Crippen molar-refractivity contribution in [3.05, 3.63) is 29.3 Å². The molecule has 1 atom stereocenters. The fraction of sp³-hybridized carbons (Fsp3) is 0.533. The zero-order valence-corrected chi connectivity index (χ0v) is 12.0. The Hall–Kier alpha value is -0.960. The van der Waals surface area contributed by atoms with Gasteiger partial charge in [0.15, 0.2) is 0 Å². The normalized spacial score (nSPS) is 15.2. The first-order chi connectivity index (χ1) is 8.69. The van der Waals surface area contributed by atoms with Crippen molar-refractivity contribution in [2.24, 2.45) is 0 Å². The molecule has 1 unspecified atom stereocenters. The van der Waals surface area contributed by atoms with Crippen molar-refractivity contribution in [2.45, 2.75) is 50.5 Å². The van der Waals surface area contributed by atoms with Gasteiger partial charge in [0.25, 0.3) is 0 Å². The molecule has 0 radical (unpaired) electrons. The summed E-state index contributed by atoms with van der Waals surface area (Å²) in [5.41, 5.74) is 2.96. The van der Waals surface area contributed by atoms with E-state index in [2.05, 4.69) is 30.4 Å². The number of carbonyl (C=O) groups excluding carboxylic acids is 1. The summed E-state index contributed by atoms with van der Waals surface area (Å²) in [6.45, 7) is 4.12. The van der Waals surface area contributed by atoms with E-state index in [1.54, 1.807) is 11.8 Å². The van der Waals surface area contributed by atoms with E-state index in [1.165, 1.54) is 35.3 Å². The molecule has 1 N–H and O–H groups in total. The maximum atomic E-state index is 11.7. The number of fused-ring (bicyclic) bond motifs is 1. The van der Waals surface area contributed by atoms with E-state index >= 15 is 0 Å². The highest BCUT2D eigenvalue weighted by atomic mass is 32.2. The van der Waals surface area contributed by atoms with E-state index in [-0.39, 0.29) is 11.9 Å². The monoisotopic (exact) mass is 263 g/mol. The molecular formula is C15H21NOS. The molecule has 2 rings (SSSR count). The molecule has 0 spiro atoms. The van der Waals surface area contributed by atoms with Gasteiger partial charge in [-0.15, -0.1) is 11.8 Å². The lowest BCUT2D eigenvalue weighted by molar-refractivity contribution is -0.119. The zero-order valence-electron chi connectivity index (χ0n) is 11.2. The van der Waals surface area contributed by atoms with E-state index in [9.17, 15) is 4.79 Å². The largest absolute Gasteiger partial charge is 0.353 e. The highest BCUT2D eigenvalue weighted by molar-refractivity contribution is 8.00. The SMILES string of the molecule is CCC(C)NC(=O)CSc1ccc2c(c1)CCC2. The van der Waals surface area contributed by atoms with Crippen molar-refractivity contribution in [3.8, 4) is 0 Å². The highest BCUT2D eigenvalue weighted by Crippen LogP contribution is 2.27. The van der Waals surface area contributed by atoms with Gasteiger partial charge in [-0.05, 0) is 55.9 Å². The van der Waals surface area contributed by atoms with E-state index in [0.717, 1.165) is 6.42 Å². The number of amides is 1. The molecule has 98 valence electrons. The summed E-state index contributed by atoms with van der Waals surface area (Å²) in [6.07, 6.45) is 4.67. The molecule has 18 heavy (non-hydrogen) atoms. The van der Waals surface area contributed by atoms with Crippen molar-refractivity contribution in [1.82, 2.24) is 5.32 Å². The van der Waals surface area contributed by atoms with E-state index in [1.807, 2.05) is 6.92 Å². The molecule has 1 amide bonds. The molecule has 0 bridgehead atoms. The van der Waals surface area contributed by atoms with Crippen LogP contribution < -0.4 is 5.32 Å². The Kier molecular flexibility index (Phi) is 4.70. The number of rotatable bonds is 5. The van der Waals surface area contributed by atoms with Crippen LogP contribution in [0.4, 0.5) is 0 Å². The Morgan fingerprint density at radius 1 is 1.39 bits per heavy atom. The lowest BCUT2D eigenvalue weighted by Crippen LogP contribution is -2.33. The summed E-state index contributed by atoms with van der Waals surface area (Å²) in [7, 11) is 0. The summed E-state index contributed by atoms with van der Waals surface area (Å²) in [5.74, 6) is 0.651. The Balaban J connectivity index is 1.85. The van der Waals surface area contributed by atoms with Crippen LogP contribution in [0.15, 0.2) is 23.1 Å². The Morgan fingerprint density at radius 3 is 2.94 bits per heavy atom. The molecule has 0 aliphatic heterocycles. The van der Waals surface area contributed by atoms with Gasteiger partial charge in [-0.1, -0.05) is 13.0 Å². The number of nitrogens with one attached hydrogen (secondary N) is 1. The summed E-state index contributed by atoms with van der Waals surface area (Å²) in [4.78, 5) is 12.9. The van der Waals surface area contributed by atoms with Gasteiger partial charge in [0.1, 0.15) is 0 Å². The number of hydrogen-bond acceptors (Lipinski definition) is 2. The predicted octanol–water partition coefficient (Wildman–Crippen LogP) is 3.18. The van der Waals surface area contributed by atoms with Gasteiger partial charge in [0.2, 0.25) is 5.91 Å². The number of hydrogen-bond donors (Lipinski definition) is 1. The second-order valence-electron chi connectivity index (χ2n) is 4.95. The number of thioether (sulfide) groups is 1. The number of carbonyl (C=O) groups is 1. The van der Waals surface area contributed by atoms with Gasteiger partial charge < -0.3 is 5.32 Å². The van der Waals surface area contributed by atoms with Gasteiger partial charge in [0, 0.05) is 10.9 Å². The van der Waals surface area contributed by atoms with Crippen LogP contribution in [0.1, 0.15) is 37.8 Å². The molecule has 1 aliphatic carbocycles. The van der Waals surface area contributed by atoms with Crippen molar-refractivity contribution in [2.75, 3.05) is 5.75 Å². The van der Waals surface area contributed by atoms with E-state index in [0.29, 0.717) is 5.75 Å². The van der Waals surface area contributed by atoms with Crippen molar-refractivity contribution < 1.29 is 4.79 Å². The lowest BCUT2D eigenvalue weighted by atomic mass is 10.1. The summed E-state index contributed by atoms with van der Waals surface area (Å²) < 4.78 is 0. The van der Waals surface area contributed by atoms with Crippen LogP contribution in [0.25, 0.3) is 0 Å². The molecule has 0 heterocycles. The van der Waals surface area contributed by atoms with Crippen LogP contribution in [0.3, 0.4) is 0 Å². The van der Waals surface area contributed by atoms with Gasteiger partial charge in [-0.3, -0.25) is 4.79 Å². The van der Waals surface area contributed by atoms with Crippen LogP contribution in [-0.2, 0) is 17.6 Å². The van der Waals surface area contributed by atoms with Crippen LogP contribution in [0.2, 0.25) is 0 Å². The fourth-order valence-corrected chi connectivity index (χ4v) is 2.98. The van der Waals surface area contributed by atoms with Crippen LogP contribution >= 0.6 is 11.8 Å². The average Bonchev–Trinajstić information content (AvgIpc) is 2.83. The minimum Gasteiger partial charge on any atom is -0.353 e. The van der Waals surface area contributed by atoms with Gasteiger partial charge >= 0.3 is 0 Å². The second kappa shape index (κ2) is 6.28. The molecule has 2 nitrogen and oxygen atoms in total. The minimum absolute atomic E-state index is 0.134. The van der Waals surface area contributed by atoms with Crippen molar-refractivity contribution in [1.29, 1.82) is 0 Å². The average molecular weight is 263 g/mol. The van der Waals surface area contributed by atoms with Crippen molar-refractivity contribution >= 4 is 17.7 Å². The van der Waals surface area contributed by atoms with Gasteiger partial charge in [-0.2, -0.15) is 0 Å². The molecule has 0 saturated heterocycles. The van der Waals surface area contributed by atoms with Crippen LogP contribution in [0.5, 0.6) is 0 Å². The smallest absolute Gasteiger partial charge is 0.230 e. The molecule has 1 aromatic rings. The molecular weight excluding hydrogens is 242 g/mol. The first-order valence-corrected chi connectivity index (χ1v) is 7.71. The molecule has 0 aromatic heterocycles. The Bertz CT molecular complexity index is 431. The lowest BCUT2D eigenvalue weighted by Gasteiger charge is -2.11. The minimum atomic E-state index is 0.134. The molecule has 1 aromatic carbocycles. The zero-order chi connectivity index (χ0) is 13.0. The topological polar surface area (TPSA) is 29.1 Å². The van der Waals surface area contributed by atoms with E-state index in [4.69, 9.17) is 0 Å². The first-order valence-electron chi connectivity index (χ1n) is 6.73. The highest BCUT2D eigenvalue weighted by Gasteiger charge is 2.12. The number of aryl methyl sites for hydroxylation is 2. The third-order valence-electron chi connectivity index (χ3n) is 3.46. The Labute approximate surface area is 114 Å². The summed E-state index contributed by atoms with van der Waals surface area (Å²) in [6, 6.07) is 6.89. The van der Waals surface area contributed by atoms with Gasteiger partial charge in [-0.25, -0.2) is 0 Å². The fourth-order valence-electron chi connectivity index (χ4n) is 2.21. The maximum Gasteiger partial charge on any atom is 0.230 e. The summed E-state index contributed by atoms with van der Waals surface area (Å²) >= 11 is 1.63. The predicted molar refractivity (Wildman–Crippen MR) is 77.1 cm³/mol. The molecule has 1 aliphatic rings. The summed E-state index contributed by atoms with van der Waals surface area (Å²) in [5, 5.41) is 2.99. The quantitative estimate of drug-likeness (QED) is 0.827. The van der Waals surface area contributed by atoms with Gasteiger partial charge in [0.05, 0.1) is 5.75 Å². The standard InChI is InChI=1S/C15H21NOS/c1-3-11(2)16-15(17)10-18-14-8-7-12-5-4-6-13(12)9-14/h7-9,11H,3-6,10H2,1-2H3,(H,16,17). The first kappa shape index (κ1) is 13.5. The number of benzene rings is 1. The maximum absolute atomic E-state index is 11.7. The third-order valence-corrected chi connectivity index (χ3v) is 4.45. The third kappa shape index (κ3) is 3.52. The second-order valence-corrected chi connectivity index (χ2v) is 6.00.